The van der Waals surface area contributed by atoms with E-state index in [1.54, 1.807) is 0 Å². The van der Waals surface area contributed by atoms with Gasteiger partial charge in [0.05, 0.1) is 6.61 Å². The molecule has 0 amide bonds. The minimum absolute atomic E-state index is 0.711. The van der Waals surface area contributed by atoms with Gasteiger partial charge in [0.25, 0.3) is 0 Å². The van der Waals surface area contributed by atoms with Crippen molar-refractivity contribution in [1.82, 2.24) is 4.90 Å². The van der Waals surface area contributed by atoms with E-state index < -0.39 is 0 Å². The first kappa shape index (κ1) is 13.8. The molecule has 3 nitrogen and oxygen atoms in total. The Morgan fingerprint density at radius 3 is 1.94 bits per heavy atom. The third-order valence-corrected chi connectivity index (χ3v) is 2.40. The quantitative estimate of drug-likeness (QED) is 0.649. The van der Waals surface area contributed by atoms with Gasteiger partial charge in [-0.1, -0.05) is 13.3 Å². The largest absolute Gasteiger partial charge is 0.494 e. The van der Waals surface area contributed by atoms with Crippen LogP contribution in [0.1, 0.15) is 19.8 Å². The highest BCUT2D eigenvalue weighted by Crippen LogP contribution is 2.17. The number of hydrogen-bond acceptors (Lipinski definition) is 3. The average Bonchev–Trinajstić information content (AvgIpc) is 2.31. The summed E-state index contributed by atoms with van der Waals surface area (Å²) >= 11 is 0. The van der Waals surface area contributed by atoms with Crippen LogP contribution in [0.4, 0.5) is 0 Å². The molecule has 0 saturated heterocycles. The molecule has 0 aliphatic heterocycles. The van der Waals surface area contributed by atoms with E-state index >= 15 is 0 Å². The first-order chi connectivity index (χ1) is 8.22. The van der Waals surface area contributed by atoms with E-state index in [0.29, 0.717) is 6.61 Å². The molecule has 0 radical (unpaired) electrons. The number of likely N-dealkylation sites (N-methyl/N-ethyl adjacent to an activating group) is 1. The fourth-order valence-electron chi connectivity index (χ4n) is 1.31. The average molecular weight is 237 g/mol. The van der Waals surface area contributed by atoms with Crippen molar-refractivity contribution in [2.75, 3.05) is 33.9 Å². The number of ether oxygens (including phenoxy) is 2. The second-order valence-corrected chi connectivity index (χ2v) is 4.33. The monoisotopic (exact) mass is 237 g/mol. The predicted molar refractivity (Wildman–Crippen MR) is 70.9 cm³/mol. The van der Waals surface area contributed by atoms with Crippen molar-refractivity contribution in [3.8, 4) is 11.5 Å². The fraction of sp³-hybridized carbons (Fsp3) is 0.571. The molecule has 0 unspecified atom stereocenters. The van der Waals surface area contributed by atoms with Crippen LogP contribution in [-0.2, 0) is 0 Å². The van der Waals surface area contributed by atoms with Crippen LogP contribution in [0, 0.1) is 0 Å². The first-order valence-corrected chi connectivity index (χ1v) is 6.22. The van der Waals surface area contributed by atoms with Crippen LogP contribution in [0.25, 0.3) is 0 Å². The Morgan fingerprint density at radius 2 is 1.47 bits per heavy atom. The van der Waals surface area contributed by atoms with Crippen molar-refractivity contribution >= 4 is 0 Å². The Morgan fingerprint density at radius 1 is 0.941 bits per heavy atom. The Bertz CT molecular complexity index is 296. The van der Waals surface area contributed by atoms with Gasteiger partial charge >= 0.3 is 0 Å². The summed E-state index contributed by atoms with van der Waals surface area (Å²) in [6.07, 6.45) is 2.26. The number of hydrogen-bond donors (Lipinski definition) is 0. The van der Waals surface area contributed by atoms with Crippen LogP contribution >= 0.6 is 0 Å². The standard InChI is InChI=1S/C14H23NO2/c1-4-5-11-16-13-6-8-14(9-7-13)17-12-10-15(2)3/h6-9H,4-5,10-12H2,1-3H3. The molecule has 0 atom stereocenters. The summed E-state index contributed by atoms with van der Waals surface area (Å²) in [6.45, 7) is 4.58. The second kappa shape index (κ2) is 7.96. The predicted octanol–water partition coefficient (Wildman–Crippen LogP) is 2.81. The minimum atomic E-state index is 0.711. The maximum Gasteiger partial charge on any atom is 0.119 e. The molecule has 0 heterocycles. The first-order valence-electron chi connectivity index (χ1n) is 6.22. The van der Waals surface area contributed by atoms with E-state index in [4.69, 9.17) is 9.47 Å². The van der Waals surface area contributed by atoms with E-state index in [-0.39, 0.29) is 0 Å². The van der Waals surface area contributed by atoms with Gasteiger partial charge in [0.1, 0.15) is 18.1 Å². The number of benzene rings is 1. The summed E-state index contributed by atoms with van der Waals surface area (Å²) in [5.74, 6) is 1.81. The van der Waals surface area contributed by atoms with Crippen LogP contribution in [0.15, 0.2) is 24.3 Å². The molecule has 0 aliphatic rings. The van der Waals surface area contributed by atoms with Crippen molar-refractivity contribution in [3.05, 3.63) is 24.3 Å². The zero-order valence-corrected chi connectivity index (χ0v) is 11.1. The van der Waals surface area contributed by atoms with E-state index in [1.165, 1.54) is 0 Å². The zero-order chi connectivity index (χ0) is 12.5. The molecule has 1 aromatic carbocycles. The summed E-state index contributed by atoms with van der Waals surface area (Å²) in [4.78, 5) is 2.10. The summed E-state index contributed by atoms with van der Waals surface area (Å²) in [5, 5.41) is 0. The van der Waals surface area contributed by atoms with E-state index in [9.17, 15) is 0 Å². The normalized spacial score (nSPS) is 10.6. The van der Waals surface area contributed by atoms with Gasteiger partial charge in [-0.3, -0.25) is 0 Å². The number of unbranched alkanes of at least 4 members (excludes halogenated alkanes) is 1. The topological polar surface area (TPSA) is 21.7 Å². The summed E-state index contributed by atoms with van der Waals surface area (Å²) in [7, 11) is 4.07. The van der Waals surface area contributed by atoms with Crippen LogP contribution in [0.5, 0.6) is 11.5 Å². The van der Waals surface area contributed by atoms with Crippen molar-refractivity contribution in [2.24, 2.45) is 0 Å². The molecule has 0 spiro atoms. The van der Waals surface area contributed by atoms with Gasteiger partial charge in [-0.05, 0) is 44.8 Å². The highest BCUT2D eigenvalue weighted by molar-refractivity contribution is 5.31. The van der Waals surface area contributed by atoms with Gasteiger partial charge in [0.2, 0.25) is 0 Å². The van der Waals surface area contributed by atoms with Crippen molar-refractivity contribution in [3.63, 3.8) is 0 Å². The molecule has 17 heavy (non-hydrogen) atoms. The Kier molecular flexibility index (Phi) is 6.48. The lowest BCUT2D eigenvalue weighted by Crippen LogP contribution is -2.19. The molecule has 1 rings (SSSR count). The van der Waals surface area contributed by atoms with E-state index in [1.807, 2.05) is 38.4 Å². The van der Waals surface area contributed by atoms with Gasteiger partial charge < -0.3 is 14.4 Å². The smallest absolute Gasteiger partial charge is 0.119 e. The molecule has 0 fully saturated rings. The summed E-state index contributed by atoms with van der Waals surface area (Å²) in [6, 6.07) is 7.83. The Balaban J connectivity index is 2.29. The van der Waals surface area contributed by atoms with Gasteiger partial charge in [-0.2, -0.15) is 0 Å². The van der Waals surface area contributed by atoms with Crippen molar-refractivity contribution in [2.45, 2.75) is 19.8 Å². The lowest BCUT2D eigenvalue weighted by molar-refractivity contribution is 0.260. The second-order valence-electron chi connectivity index (χ2n) is 4.33. The summed E-state index contributed by atoms with van der Waals surface area (Å²) < 4.78 is 11.2. The Hall–Kier alpha value is -1.22. The SMILES string of the molecule is CCCCOc1ccc(OCCN(C)C)cc1. The van der Waals surface area contributed by atoms with Gasteiger partial charge in [0.15, 0.2) is 0 Å². The van der Waals surface area contributed by atoms with Gasteiger partial charge in [0, 0.05) is 6.54 Å². The molecular weight excluding hydrogens is 214 g/mol. The van der Waals surface area contributed by atoms with Crippen molar-refractivity contribution in [1.29, 1.82) is 0 Å². The third-order valence-electron chi connectivity index (χ3n) is 2.40. The molecular formula is C14H23NO2. The van der Waals surface area contributed by atoms with Gasteiger partial charge in [-0.15, -0.1) is 0 Å². The fourth-order valence-corrected chi connectivity index (χ4v) is 1.31. The number of rotatable bonds is 8. The van der Waals surface area contributed by atoms with E-state index in [2.05, 4.69) is 11.8 Å². The highest BCUT2D eigenvalue weighted by atomic mass is 16.5. The van der Waals surface area contributed by atoms with Crippen LogP contribution in [0.3, 0.4) is 0 Å². The maximum atomic E-state index is 5.60. The van der Waals surface area contributed by atoms with E-state index in [0.717, 1.165) is 37.5 Å². The molecule has 0 saturated carbocycles. The molecule has 0 aliphatic carbocycles. The maximum absolute atomic E-state index is 5.60. The molecule has 0 aromatic heterocycles. The third kappa shape index (κ3) is 6.17. The Labute approximate surface area is 104 Å². The summed E-state index contributed by atoms with van der Waals surface area (Å²) in [5.41, 5.74) is 0. The highest BCUT2D eigenvalue weighted by Gasteiger charge is 1.97. The van der Waals surface area contributed by atoms with Crippen LogP contribution in [0.2, 0.25) is 0 Å². The molecule has 0 N–H and O–H groups in total. The number of nitrogens with zero attached hydrogens (tertiary/aromatic N) is 1. The molecule has 96 valence electrons. The van der Waals surface area contributed by atoms with Crippen molar-refractivity contribution < 1.29 is 9.47 Å². The molecule has 3 heteroatoms. The lowest BCUT2D eigenvalue weighted by Gasteiger charge is -2.11. The minimum Gasteiger partial charge on any atom is -0.494 e. The molecule has 1 aromatic rings. The van der Waals surface area contributed by atoms with Crippen LogP contribution in [-0.4, -0.2) is 38.8 Å². The lowest BCUT2D eigenvalue weighted by atomic mass is 10.3. The van der Waals surface area contributed by atoms with Crippen LogP contribution < -0.4 is 9.47 Å². The molecule has 0 bridgehead atoms. The zero-order valence-electron chi connectivity index (χ0n) is 11.1. The van der Waals surface area contributed by atoms with Gasteiger partial charge in [-0.25, -0.2) is 0 Å².